The average molecular weight is 395 g/mol. The molecule has 0 unspecified atom stereocenters. The first-order chi connectivity index (χ1) is 14.0. The molecule has 0 saturated carbocycles. The minimum atomic E-state index is -0.530. The molecule has 0 radical (unpaired) electrons. The number of likely N-dealkylation sites (tertiary alicyclic amines) is 1. The molecule has 2 aliphatic heterocycles. The van der Waals surface area contributed by atoms with E-state index in [-0.39, 0.29) is 23.2 Å². The number of hydrogen-bond acceptors (Lipinski definition) is 5. The number of aryl methyl sites for hydroxylation is 2. The summed E-state index contributed by atoms with van der Waals surface area (Å²) in [7, 11) is 0. The van der Waals surface area contributed by atoms with Gasteiger partial charge in [-0.25, -0.2) is 4.98 Å². The van der Waals surface area contributed by atoms with Gasteiger partial charge in [-0.3, -0.25) is 9.59 Å². The van der Waals surface area contributed by atoms with Crippen molar-refractivity contribution in [2.75, 3.05) is 31.6 Å². The lowest BCUT2D eigenvalue weighted by Gasteiger charge is -2.37. The number of carbonyl (C=O) groups excluding carboxylic acids is 2. The van der Waals surface area contributed by atoms with Gasteiger partial charge in [0, 0.05) is 31.6 Å². The van der Waals surface area contributed by atoms with Gasteiger partial charge in [-0.1, -0.05) is 24.3 Å². The van der Waals surface area contributed by atoms with Crippen molar-refractivity contribution in [3.63, 3.8) is 0 Å². The Morgan fingerprint density at radius 1 is 0.966 bits per heavy atom. The number of rotatable bonds is 3. The molecule has 1 spiro atoms. The summed E-state index contributed by atoms with van der Waals surface area (Å²) in [5.74, 6) is -1.04. The summed E-state index contributed by atoms with van der Waals surface area (Å²) in [6.07, 6.45) is 1.29. The fraction of sp³-hybridized carbons (Fsp3) is 0.409. The Kier molecular flexibility index (Phi) is 5.34. The predicted octanol–water partition coefficient (Wildman–Crippen LogP) is 2.93. The molecular formula is C22H25N3O4. The fourth-order valence-electron chi connectivity index (χ4n) is 3.87. The van der Waals surface area contributed by atoms with Crippen LogP contribution >= 0.6 is 0 Å². The van der Waals surface area contributed by atoms with E-state index in [0.29, 0.717) is 39.1 Å². The molecule has 2 amide bonds. The van der Waals surface area contributed by atoms with E-state index in [1.54, 1.807) is 23.1 Å². The van der Waals surface area contributed by atoms with Crippen molar-refractivity contribution in [1.82, 2.24) is 9.88 Å². The van der Waals surface area contributed by atoms with Gasteiger partial charge in [0.2, 0.25) is 0 Å². The summed E-state index contributed by atoms with van der Waals surface area (Å²) in [6, 6.07) is 10.8. The highest BCUT2D eigenvalue weighted by atomic mass is 16.7. The number of nitrogens with zero attached hydrogens (tertiary/aromatic N) is 2. The average Bonchev–Trinajstić information content (AvgIpc) is 3.19. The normalized spacial score (nSPS) is 18.1. The molecule has 1 N–H and O–H groups in total. The van der Waals surface area contributed by atoms with Crippen LogP contribution in [-0.4, -0.2) is 53.8 Å². The maximum Gasteiger partial charge on any atom is 0.274 e. The zero-order valence-electron chi connectivity index (χ0n) is 16.7. The third-order valence-electron chi connectivity index (χ3n) is 5.55. The Labute approximate surface area is 170 Å². The van der Waals surface area contributed by atoms with Gasteiger partial charge in [0.05, 0.1) is 13.2 Å². The molecule has 2 fully saturated rings. The van der Waals surface area contributed by atoms with E-state index in [9.17, 15) is 9.59 Å². The number of nitrogens with one attached hydrogen (secondary N) is 1. The van der Waals surface area contributed by atoms with E-state index >= 15 is 0 Å². The van der Waals surface area contributed by atoms with E-state index in [1.165, 1.54) is 0 Å². The number of aromatic nitrogens is 1. The molecule has 7 heteroatoms. The van der Waals surface area contributed by atoms with Gasteiger partial charge >= 0.3 is 0 Å². The zero-order chi connectivity index (χ0) is 20.4. The van der Waals surface area contributed by atoms with Crippen LogP contribution in [0.1, 0.15) is 44.9 Å². The van der Waals surface area contributed by atoms with Crippen molar-refractivity contribution in [3.05, 3.63) is 58.9 Å². The molecule has 152 valence electrons. The summed E-state index contributed by atoms with van der Waals surface area (Å²) < 4.78 is 11.4. The Morgan fingerprint density at radius 3 is 2.21 bits per heavy atom. The number of piperidine rings is 1. The maximum absolute atomic E-state index is 12.9. The monoisotopic (exact) mass is 395 g/mol. The smallest absolute Gasteiger partial charge is 0.274 e. The van der Waals surface area contributed by atoms with E-state index in [2.05, 4.69) is 10.3 Å². The first-order valence-corrected chi connectivity index (χ1v) is 9.89. The fourth-order valence-corrected chi connectivity index (χ4v) is 3.87. The molecule has 4 rings (SSSR count). The Hall–Kier alpha value is -2.77. The third-order valence-corrected chi connectivity index (χ3v) is 5.55. The number of amides is 2. The summed E-state index contributed by atoms with van der Waals surface area (Å²) in [5, 5.41) is 2.91. The van der Waals surface area contributed by atoms with Crippen LogP contribution in [0.15, 0.2) is 36.4 Å². The molecule has 1 aromatic carbocycles. The highest BCUT2D eigenvalue weighted by Gasteiger charge is 2.41. The second-order valence-electron chi connectivity index (χ2n) is 7.53. The van der Waals surface area contributed by atoms with Crippen LogP contribution in [0, 0.1) is 13.8 Å². The number of ether oxygens (including phenoxy) is 2. The van der Waals surface area contributed by atoms with Crippen molar-refractivity contribution >= 4 is 17.5 Å². The first-order valence-electron chi connectivity index (χ1n) is 9.89. The van der Waals surface area contributed by atoms with Gasteiger partial charge in [0.25, 0.3) is 11.8 Å². The van der Waals surface area contributed by atoms with E-state index in [4.69, 9.17) is 9.47 Å². The van der Waals surface area contributed by atoms with E-state index < -0.39 is 5.79 Å². The van der Waals surface area contributed by atoms with Crippen LogP contribution in [0.25, 0.3) is 0 Å². The van der Waals surface area contributed by atoms with Crippen molar-refractivity contribution < 1.29 is 19.1 Å². The second-order valence-corrected chi connectivity index (χ2v) is 7.53. The topological polar surface area (TPSA) is 80.8 Å². The van der Waals surface area contributed by atoms with Gasteiger partial charge in [0.15, 0.2) is 5.79 Å². The minimum absolute atomic E-state index is 0.181. The largest absolute Gasteiger partial charge is 0.347 e. The highest BCUT2D eigenvalue weighted by Crippen LogP contribution is 2.31. The summed E-state index contributed by atoms with van der Waals surface area (Å²) in [6.45, 7) is 6.17. The molecule has 2 aromatic rings. The van der Waals surface area contributed by atoms with Gasteiger partial charge in [-0.15, -0.1) is 0 Å². The molecular weight excluding hydrogens is 370 g/mol. The molecule has 0 aliphatic carbocycles. The van der Waals surface area contributed by atoms with Crippen molar-refractivity contribution in [3.8, 4) is 0 Å². The van der Waals surface area contributed by atoms with Crippen molar-refractivity contribution in [2.24, 2.45) is 0 Å². The maximum atomic E-state index is 12.9. The SMILES string of the molecule is Cc1cccc(C)c1NC(=O)c1cccc(C(=O)N2CCC3(CC2)OCCO3)n1. The van der Waals surface area contributed by atoms with Crippen LogP contribution in [0.3, 0.4) is 0 Å². The molecule has 0 bridgehead atoms. The number of para-hydroxylation sites is 1. The van der Waals surface area contributed by atoms with Crippen molar-refractivity contribution in [2.45, 2.75) is 32.5 Å². The molecule has 2 saturated heterocycles. The molecule has 29 heavy (non-hydrogen) atoms. The summed E-state index contributed by atoms with van der Waals surface area (Å²) in [4.78, 5) is 31.7. The van der Waals surface area contributed by atoms with Crippen LogP contribution in [0.2, 0.25) is 0 Å². The molecule has 1 aromatic heterocycles. The Morgan fingerprint density at radius 2 is 1.55 bits per heavy atom. The van der Waals surface area contributed by atoms with Gasteiger partial charge < -0.3 is 19.7 Å². The first kappa shape index (κ1) is 19.5. The van der Waals surface area contributed by atoms with Crippen molar-refractivity contribution in [1.29, 1.82) is 0 Å². The van der Waals surface area contributed by atoms with Gasteiger partial charge in [-0.2, -0.15) is 0 Å². The highest BCUT2D eigenvalue weighted by molar-refractivity contribution is 6.04. The summed E-state index contributed by atoms with van der Waals surface area (Å²) in [5.41, 5.74) is 3.21. The standard InChI is InChI=1S/C22H25N3O4/c1-15-5-3-6-16(2)19(15)24-20(26)17-7-4-8-18(23-17)21(27)25-11-9-22(10-12-25)28-13-14-29-22/h3-8H,9-14H2,1-2H3,(H,24,26). The van der Waals surface area contributed by atoms with Gasteiger partial charge in [-0.05, 0) is 37.1 Å². The third kappa shape index (κ3) is 4.02. The number of pyridine rings is 1. The van der Waals surface area contributed by atoms with Crippen LogP contribution in [0.4, 0.5) is 5.69 Å². The lowest BCUT2D eigenvalue weighted by atomic mass is 10.0. The molecule has 3 heterocycles. The lowest BCUT2D eigenvalue weighted by Crippen LogP contribution is -2.47. The van der Waals surface area contributed by atoms with Crippen LogP contribution in [0.5, 0.6) is 0 Å². The molecule has 0 atom stereocenters. The number of hydrogen-bond donors (Lipinski definition) is 1. The molecule has 2 aliphatic rings. The van der Waals surface area contributed by atoms with E-state index in [1.807, 2.05) is 32.0 Å². The predicted molar refractivity (Wildman–Crippen MR) is 108 cm³/mol. The Balaban J connectivity index is 1.45. The minimum Gasteiger partial charge on any atom is -0.347 e. The van der Waals surface area contributed by atoms with E-state index in [0.717, 1.165) is 16.8 Å². The number of carbonyl (C=O) groups is 2. The number of benzene rings is 1. The van der Waals surface area contributed by atoms with Crippen LogP contribution < -0.4 is 5.32 Å². The quantitative estimate of drug-likeness (QED) is 0.864. The number of anilines is 1. The lowest BCUT2D eigenvalue weighted by molar-refractivity contribution is -0.181. The van der Waals surface area contributed by atoms with Gasteiger partial charge in [0.1, 0.15) is 11.4 Å². The zero-order valence-corrected chi connectivity index (χ0v) is 16.7. The van der Waals surface area contributed by atoms with Crippen LogP contribution in [-0.2, 0) is 9.47 Å². The molecule has 7 nitrogen and oxygen atoms in total. The Bertz CT molecular complexity index is 907. The second kappa shape index (κ2) is 7.93. The summed E-state index contributed by atoms with van der Waals surface area (Å²) >= 11 is 0.